The van der Waals surface area contributed by atoms with Gasteiger partial charge in [0.25, 0.3) is 0 Å². The third-order valence-electron chi connectivity index (χ3n) is 3.82. The van der Waals surface area contributed by atoms with Crippen LogP contribution in [-0.2, 0) is 6.67 Å². The minimum atomic E-state index is 0.827. The molecule has 2 heterocycles. The highest BCUT2D eigenvalue weighted by Crippen LogP contribution is 2.31. The number of methoxy groups -OCH3 is 1. The summed E-state index contributed by atoms with van der Waals surface area (Å²) in [4.78, 5) is 0. The number of nitrogens with zero attached hydrogens (tertiary/aromatic N) is 2. The number of ether oxygens (including phenoxy) is 1. The van der Waals surface area contributed by atoms with E-state index >= 15 is 0 Å². The summed E-state index contributed by atoms with van der Waals surface area (Å²) in [5.74, 6) is 0.934. The lowest BCUT2D eigenvalue weighted by Gasteiger charge is -2.13. The molecule has 20 heavy (non-hydrogen) atoms. The van der Waals surface area contributed by atoms with E-state index in [4.69, 9.17) is 4.74 Å². The number of para-hydroxylation sites is 1. The highest BCUT2D eigenvalue weighted by Gasteiger charge is 2.21. The van der Waals surface area contributed by atoms with E-state index in [9.17, 15) is 0 Å². The molecule has 0 spiro atoms. The molecule has 0 saturated heterocycles. The summed E-state index contributed by atoms with van der Waals surface area (Å²) < 4.78 is 9.96. The van der Waals surface area contributed by atoms with Gasteiger partial charge in [0, 0.05) is 23.7 Å². The molecule has 1 aliphatic rings. The normalized spacial score (nSPS) is 13.3. The fourth-order valence-electron chi connectivity index (χ4n) is 2.88. The molecule has 0 atom stereocenters. The van der Waals surface area contributed by atoms with Crippen LogP contribution in [0.5, 0.6) is 5.75 Å². The summed E-state index contributed by atoms with van der Waals surface area (Å²) in [6, 6.07) is 16.7. The lowest BCUT2D eigenvalue weighted by molar-refractivity contribution is -0.471. The van der Waals surface area contributed by atoms with Crippen molar-refractivity contribution in [3.05, 3.63) is 60.3 Å². The number of aromatic nitrogens is 1. The molecule has 3 heteroatoms. The fourth-order valence-corrected chi connectivity index (χ4v) is 2.88. The van der Waals surface area contributed by atoms with Gasteiger partial charge in [-0.15, -0.1) is 0 Å². The zero-order valence-corrected chi connectivity index (χ0v) is 11.3. The number of hydrogen-bond acceptors (Lipinski definition) is 1. The summed E-state index contributed by atoms with van der Waals surface area (Å²) in [7, 11) is 1.72. The third kappa shape index (κ3) is 1.56. The first-order valence-corrected chi connectivity index (χ1v) is 6.69. The molecule has 4 rings (SSSR count). The Kier molecular flexibility index (Phi) is 2.39. The highest BCUT2D eigenvalue weighted by atomic mass is 16.5. The molecule has 98 valence electrons. The van der Waals surface area contributed by atoms with E-state index in [1.54, 1.807) is 7.11 Å². The summed E-state index contributed by atoms with van der Waals surface area (Å²) >= 11 is 0. The molecule has 2 aromatic carbocycles. The maximum absolute atomic E-state index is 5.44. The molecule has 0 fully saturated rings. The van der Waals surface area contributed by atoms with Crippen LogP contribution in [0, 0.1) is 0 Å². The maximum atomic E-state index is 5.44. The van der Waals surface area contributed by atoms with Gasteiger partial charge in [-0.25, -0.2) is 0 Å². The van der Waals surface area contributed by atoms with Crippen molar-refractivity contribution in [2.75, 3.05) is 7.11 Å². The van der Waals surface area contributed by atoms with Crippen molar-refractivity contribution < 1.29 is 9.31 Å². The van der Waals surface area contributed by atoms with Crippen LogP contribution in [0.3, 0.4) is 0 Å². The molecular weight excluding hydrogens is 248 g/mol. The van der Waals surface area contributed by atoms with Crippen LogP contribution in [0.25, 0.3) is 10.9 Å². The predicted octanol–water partition coefficient (Wildman–Crippen LogP) is 3.38. The van der Waals surface area contributed by atoms with Gasteiger partial charge in [-0.05, 0) is 18.2 Å². The second kappa shape index (κ2) is 4.23. The van der Waals surface area contributed by atoms with E-state index in [1.165, 1.54) is 22.2 Å². The van der Waals surface area contributed by atoms with Crippen molar-refractivity contribution in [2.45, 2.75) is 6.67 Å². The minimum absolute atomic E-state index is 0.827. The fraction of sp³-hybridized carbons (Fsp3) is 0.118. The van der Waals surface area contributed by atoms with E-state index in [0.717, 1.165) is 12.4 Å². The summed E-state index contributed by atoms with van der Waals surface area (Å²) in [6.07, 6.45) is 4.33. The molecule has 0 bridgehead atoms. The largest absolute Gasteiger partial charge is 0.496 e. The van der Waals surface area contributed by atoms with E-state index < -0.39 is 0 Å². The lowest BCUT2D eigenvalue weighted by atomic mass is 10.1. The van der Waals surface area contributed by atoms with Gasteiger partial charge in [0.1, 0.15) is 5.75 Å². The van der Waals surface area contributed by atoms with Gasteiger partial charge in [0.2, 0.25) is 12.4 Å². The second-order valence-electron chi connectivity index (χ2n) is 4.98. The Balaban J connectivity index is 1.92. The van der Waals surface area contributed by atoms with Gasteiger partial charge < -0.3 is 4.74 Å². The summed E-state index contributed by atoms with van der Waals surface area (Å²) in [5, 5.41) is 1.17. The zero-order chi connectivity index (χ0) is 13.5. The molecule has 3 nitrogen and oxygen atoms in total. The van der Waals surface area contributed by atoms with Crippen molar-refractivity contribution in [1.29, 1.82) is 0 Å². The van der Waals surface area contributed by atoms with Crippen molar-refractivity contribution >= 4 is 22.8 Å². The second-order valence-corrected chi connectivity index (χ2v) is 4.98. The molecule has 0 radical (unpaired) electrons. The van der Waals surface area contributed by atoms with Crippen LogP contribution >= 0.6 is 0 Å². The molecule has 3 aromatic rings. The van der Waals surface area contributed by atoms with Crippen LogP contribution in [0.15, 0.2) is 54.7 Å². The first-order valence-electron chi connectivity index (χ1n) is 6.69. The SMILES string of the molecule is COc1ccc2c3c1ccn3C[N+](c1ccccc1)=C2. The Morgan fingerprint density at radius 1 is 1.05 bits per heavy atom. The van der Waals surface area contributed by atoms with Gasteiger partial charge in [0.05, 0.1) is 18.2 Å². The standard InChI is InChI=1S/C17H15N2O/c1-20-16-8-7-13-11-19(14-5-3-2-4-6-14)12-18-10-9-15(16)17(13)18/h2-11H,12H2,1H3/q+1. The highest BCUT2D eigenvalue weighted by molar-refractivity contribution is 6.00. The van der Waals surface area contributed by atoms with E-state index in [0.29, 0.717) is 0 Å². The first kappa shape index (κ1) is 11.3. The molecule has 0 amide bonds. The van der Waals surface area contributed by atoms with Crippen molar-refractivity contribution in [2.24, 2.45) is 0 Å². The van der Waals surface area contributed by atoms with Crippen molar-refractivity contribution in [3.8, 4) is 5.75 Å². The third-order valence-corrected chi connectivity index (χ3v) is 3.82. The first-order chi connectivity index (χ1) is 9.86. The molecule has 0 saturated carbocycles. The van der Waals surface area contributed by atoms with Crippen LogP contribution in [0.4, 0.5) is 5.69 Å². The monoisotopic (exact) mass is 263 g/mol. The Hall–Kier alpha value is -2.55. The molecule has 0 unspecified atom stereocenters. The molecule has 0 N–H and O–H groups in total. The average Bonchev–Trinajstić information content (AvgIpc) is 2.94. The minimum Gasteiger partial charge on any atom is -0.496 e. The van der Waals surface area contributed by atoms with E-state index in [2.05, 4.69) is 58.0 Å². The summed E-state index contributed by atoms with van der Waals surface area (Å²) in [5.41, 5.74) is 3.67. The van der Waals surface area contributed by atoms with Gasteiger partial charge in [-0.3, -0.25) is 4.57 Å². The van der Waals surface area contributed by atoms with E-state index in [1.807, 2.05) is 12.1 Å². The maximum Gasteiger partial charge on any atom is 0.228 e. The molecule has 0 aliphatic carbocycles. The summed E-state index contributed by atoms with van der Waals surface area (Å²) in [6.45, 7) is 0.827. The molecule has 1 aromatic heterocycles. The topological polar surface area (TPSA) is 17.2 Å². The zero-order valence-electron chi connectivity index (χ0n) is 11.3. The van der Waals surface area contributed by atoms with Gasteiger partial charge in [0.15, 0.2) is 6.21 Å². The predicted molar refractivity (Wildman–Crippen MR) is 80.0 cm³/mol. The van der Waals surface area contributed by atoms with Crippen molar-refractivity contribution in [3.63, 3.8) is 0 Å². The van der Waals surface area contributed by atoms with Gasteiger partial charge in [-0.1, -0.05) is 18.2 Å². The average molecular weight is 263 g/mol. The molecular formula is C17H15N2O+. The van der Waals surface area contributed by atoms with Crippen LogP contribution in [0.1, 0.15) is 5.56 Å². The quantitative estimate of drug-likeness (QED) is 0.648. The Morgan fingerprint density at radius 2 is 1.90 bits per heavy atom. The molecule has 1 aliphatic heterocycles. The van der Waals surface area contributed by atoms with Crippen LogP contribution in [0.2, 0.25) is 0 Å². The number of benzene rings is 2. The van der Waals surface area contributed by atoms with Crippen molar-refractivity contribution in [1.82, 2.24) is 4.57 Å². The van der Waals surface area contributed by atoms with Crippen LogP contribution in [-0.4, -0.2) is 22.5 Å². The van der Waals surface area contributed by atoms with Gasteiger partial charge in [-0.2, -0.15) is 4.58 Å². The Bertz CT molecular complexity index is 816. The van der Waals surface area contributed by atoms with E-state index in [-0.39, 0.29) is 0 Å². The Labute approximate surface area is 117 Å². The lowest BCUT2D eigenvalue weighted by Crippen LogP contribution is -2.18. The Morgan fingerprint density at radius 3 is 2.70 bits per heavy atom. The smallest absolute Gasteiger partial charge is 0.228 e. The van der Waals surface area contributed by atoms with Gasteiger partial charge >= 0.3 is 0 Å². The van der Waals surface area contributed by atoms with Crippen LogP contribution < -0.4 is 4.74 Å². The number of rotatable bonds is 2. The number of hydrogen-bond donors (Lipinski definition) is 0.